The predicted octanol–water partition coefficient (Wildman–Crippen LogP) is 4.94. The maximum Gasteiger partial charge on any atom is 0.0492 e. The summed E-state index contributed by atoms with van der Waals surface area (Å²) >= 11 is 0. The van der Waals surface area contributed by atoms with Crippen LogP contribution in [0.15, 0.2) is 85.3 Å². The van der Waals surface area contributed by atoms with E-state index in [1.807, 2.05) is 18.6 Å². The van der Waals surface area contributed by atoms with Crippen molar-refractivity contribution in [3.63, 3.8) is 0 Å². The third-order valence-corrected chi connectivity index (χ3v) is 4.39. The molecule has 0 radical (unpaired) electrons. The molecule has 23 heavy (non-hydrogen) atoms. The molecule has 1 N–H and O–H groups in total. The van der Waals surface area contributed by atoms with Crippen molar-refractivity contribution in [3.8, 4) is 0 Å². The number of benzene rings is 2. The second kappa shape index (κ2) is 6.09. The monoisotopic (exact) mass is 298 g/mol. The summed E-state index contributed by atoms with van der Waals surface area (Å²) in [4.78, 5) is 7.58. The van der Waals surface area contributed by atoms with Crippen LogP contribution >= 0.6 is 0 Å². The Bertz CT molecular complexity index is 895. The molecule has 1 atom stereocenters. The second-order valence-electron chi connectivity index (χ2n) is 5.81. The molecule has 0 amide bonds. The van der Waals surface area contributed by atoms with Gasteiger partial charge in [-0.1, -0.05) is 48.5 Å². The Morgan fingerprint density at radius 3 is 2.48 bits per heavy atom. The zero-order valence-electron chi connectivity index (χ0n) is 12.8. The lowest BCUT2D eigenvalue weighted by Crippen LogP contribution is -2.06. The van der Waals surface area contributed by atoms with E-state index in [0.717, 1.165) is 6.42 Å². The van der Waals surface area contributed by atoms with Crippen LogP contribution in [-0.4, -0.2) is 9.97 Å². The lowest BCUT2D eigenvalue weighted by molar-refractivity contribution is 0.808. The summed E-state index contributed by atoms with van der Waals surface area (Å²) in [5.74, 6) is 0.308. The number of pyridine rings is 1. The third kappa shape index (κ3) is 2.76. The first kappa shape index (κ1) is 13.8. The Morgan fingerprint density at radius 1 is 0.826 bits per heavy atom. The number of rotatable bonds is 4. The van der Waals surface area contributed by atoms with Gasteiger partial charge in [-0.15, -0.1) is 0 Å². The van der Waals surface area contributed by atoms with E-state index in [1.54, 1.807) is 0 Å². The maximum absolute atomic E-state index is 4.17. The van der Waals surface area contributed by atoms with E-state index in [9.17, 15) is 0 Å². The molecule has 4 rings (SSSR count). The molecule has 2 aromatic heterocycles. The van der Waals surface area contributed by atoms with Gasteiger partial charge in [0.1, 0.15) is 0 Å². The zero-order chi connectivity index (χ0) is 15.5. The van der Waals surface area contributed by atoms with Gasteiger partial charge in [0.05, 0.1) is 0 Å². The molecule has 0 spiro atoms. The quantitative estimate of drug-likeness (QED) is 0.568. The third-order valence-electron chi connectivity index (χ3n) is 4.39. The van der Waals surface area contributed by atoms with Gasteiger partial charge in [0.25, 0.3) is 0 Å². The second-order valence-corrected chi connectivity index (χ2v) is 5.81. The number of para-hydroxylation sites is 1. The standard InChI is InChI=1S/C21H18N2/c1-2-5-16(6-3-1)15-20(17-9-12-22-13-10-17)19-8-4-7-18-11-14-23-21(18)19/h1-14,20,23H,15H2. The first-order valence-electron chi connectivity index (χ1n) is 7.91. The van der Waals surface area contributed by atoms with Crippen LogP contribution in [-0.2, 0) is 6.42 Å². The number of aromatic amines is 1. The SMILES string of the molecule is c1ccc(CC(c2ccncc2)c2cccc3cc[nH]c23)cc1. The van der Waals surface area contributed by atoms with Crippen LogP contribution in [0.25, 0.3) is 10.9 Å². The molecule has 1 unspecified atom stereocenters. The summed E-state index contributed by atoms with van der Waals surface area (Å²) in [7, 11) is 0. The molecule has 0 aliphatic heterocycles. The zero-order valence-corrected chi connectivity index (χ0v) is 12.8. The summed E-state index contributed by atoms with van der Waals surface area (Å²) in [6.45, 7) is 0. The van der Waals surface area contributed by atoms with Crippen LogP contribution in [0.2, 0.25) is 0 Å². The molecule has 112 valence electrons. The fourth-order valence-electron chi connectivity index (χ4n) is 3.25. The highest BCUT2D eigenvalue weighted by Gasteiger charge is 2.17. The average molecular weight is 298 g/mol. The van der Waals surface area contributed by atoms with Crippen molar-refractivity contribution in [2.24, 2.45) is 0 Å². The Kier molecular flexibility index (Phi) is 3.65. The molecule has 0 saturated heterocycles. The van der Waals surface area contributed by atoms with Crippen molar-refractivity contribution in [1.29, 1.82) is 0 Å². The van der Waals surface area contributed by atoms with Crippen LogP contribution in [0.4, 0.5) is 0 Å². The van der Waals surface area contributed by atoms with Crippen molar-refractivity contribution < 1.29 is 0 Å². The molecule has 0 aliphatic rings. The van der Waals surface area contributed by atoms with Gasteiger partial charge in [0.15, 0.2) is 0 Å². The summed E-state index contributed by atoms with van der Waals surface area (Å²) in [6.07, 6.45) is 6.74. The minimum atomic E-state index is 0.308. The van der Waals surface area contributed by atoms with Crippen LogP contribution in [0.5, 0.6) is 0 Å². The molecule has 0 fully saturated rings. The highest BCUT2D eigenvalue weighted by molar-refractivity contribution is 5.83. The van der Waals surface area contributed by atoms with Gasteiger partial charge in [-0.2, -0.15) is 0 Å². The van der Waals surface area contributed by atoms with E-state index in [1.165, 1.54) is 27.6 Å². The Hall–Kier alpha value is -2.87. The summed E-state index contributed by atoms with van der Waals surface area (Å²) < 4.78 is 0. The molecule has 0 aliphatic carbocycles. The molecule has 2 nitrogen and oxygen atoms in total. The molecular weight excluding hydrogens is 280 g/mol. The Labute approximate surface area is 135 Å². The number of H-pyrrole nitrogens is 1. The number of hydrogen-bond donors (Lipinski definition) is 1. The fraction of sp³-hybridized carbons (Fsp3) is 0.0952. The number of nitrogens with zero attached hydrogens (tertiary/aromatic N) is 1. The van der Waals surface area contributed by atoms with E-state index in [2.05, 4.69) is 76.7 Å². The highest BCUT2D eigenvalue weighted by atomic mass is 14.7. The summed E-state index contributed by atoms with van der Waals surface area (Å²) in [5, 5.41) is 1.26. The van der Waals surface area contributed by atoms with Crippen molar-refractivity contribution in [3.05, 3.63) is 102 Å². The van der Waals surface area contributed by atoms with Gasteiger partial charge in [0.2, 0.25) is 0 Å². The smallest absolute Gasteiger partial charge is 0.0492 e. The number of fused-ring (bicyclic) bond motifs is 1. The summed E-state index contributed by atoms with van der Waals surface area (Å²) in [6, 6.07) is 23.6. The lowest BCUT2D eigenvalue weighted by Gasteiger charge is -2.19. The number of nitrogens with one attached hydrogen (secondary N) is 1. The van der Waals surface area contributed by atoms with Crippen molar-refractivity contribution >= 4 is 10.9 Å². The van der Waals surface area contributed by atoms with Crippen molar-refractivity contribution in [2.45, 2.75) is 12.3 Å². The van der Waals surface area contributed by atoms with Gasteiger partial charge in [0, 0.05) is 30.0 Å². The van der Waals surface area contributed by atoms with Gasteiger partial charge < -0.3 is 4.98 Å². The van der Waals surface area contributed by atoms with Crippen molar-refractivity contribution in [2.75, 3.05) is 0 Å². The normalized spacial score (nSPS) is 12.3. The average Bonchev–Trinajstić information content (AvgIpc) is 3.10. The molecule has 0 bridgehead atoms. The first-order valence-corrected chi connectivity index (χ1v) is 7.91. The summed E-state index contributed by atoms with van der Waals surface area (Å²) in [5.41, 5.74) is 5.21. The van der Waals surface area contributed by atoms with Gasteiger partial charge in [-0.25, -0.2) is 0 Å². The largest absolute Gasteiger partial charge is 0.361 e. The molecule has 2 heterocycles. The van der Waals surface area contributed by atoms with E-state index in [-0.39, 0.29) is 0 Å². The van der Waals surface area contributed by atoms with Gasteiger partial charge in [-0.3, -0.25) is 4.98 Å². The maximum atomic E-state index is 4.17. The first-order chi connectivity index (χ1) is 11.4. The van der Waals surface area contributed by atoms with E-state index < -0.39 is 0 Å². The fourth-order valence-corrected chi connectivity index (χ4v) is 3.25. The van der Waals surface area contributed by atoms with Crippen LogP contribution in [0.3, 0.4) is 0 Å². The number of hydrogen-bond acceptors (Lipinski definition) is 1. The van der Waals surface area contributed by atoms with E-state index >= 15 is 0 Å². The number of aromatic nitrogens is 2. The lowest BCUT2D eigenvalue weighted by atomic mass is 9.85. The Balaban J connectivity index is 1.84. The minimum Gasteiger partial charge on any atom is -0.361 e. The van der Waals surface area contributed by atoms with E-state index in [4.69, 9.17) is 0 Å². The molecule has 2 heteroatoms. The van der Waals surface area contributed by atoms with Crippen LogP contribution < -0.4 is 0 Å². The predicted molar refractivity (Wildman–Crippen MR) is 94.5 cm³/mol. The topological polar surface area (TPSA) is 28.7 Å². The molecule has 0 saturated carbocycles. The van der Waals surface area contributed by atoms with Gasteiger partial charge >= 0.3 is 0 Å². The van der Waals surface area contributed by atoms with Crippen LogP contribution in [0, 0.1) is 0 Å². The molecular formula is C21H18N2. The molecule has 4 aromatic rings. The Morgan fingerprint density at radius 2 is 1.65 bits per heavy atom. The van der Waals surface area contributed by atoms with Crippen molar-refractivity contribution in [1.82, 2.24) is 9.97 Å². The van der Waals surface area contributed by atoms with Crippen LogP contribution in [0.1, 0.15) is 22.6 Å². The molecule has 2 aromatic carbocycles. The van der Waals surface area contributed by atoms with E-state index in [0.29, 0.717) is 5.92 Å². The van der Waals surface area contributed by atoms with Gasteiger partial charge in [-0.05, 0) is 46.7 Å². The minimum absolute atomic E-state index is 0.308. The highest BCUT2D eigenvalue weighted by Crippen LogP contribution is 2.32.